The van der Waals surface area contributed by atoms with Gasteiger partial charge in [-0.2, -0.15) is 0 Å². The average molecular weight is 387 g/mol. The molecule has 8 nitrogen and oxygen atoms in total. The Hall–Kier alpha value is -3.55. The number of Topliss-reactive ketones (excluding diaryl/α,β-unsaturated/α-hetero) is 1. The van der Waals surface area contributed by atoms with E-state index in [0.29, 0.717) is 22.7 Å². The molecule has 0 heterocycles. The first-order chi connectivity index (χ1) is 13.4. The van der Waals surface area contributed by atoms with Gasteiger partial charge in [0, 0.05) is 23.4 Å². The molecule has 0 radical (unpaired) electrons. The molecule has 0 aromatic heterocycles. The molecule has 2 aromatic rings. The van der Waals surface area contributed by atoms with Crippen molar-refractivity contribution in [2.75, 3.05) is 33.3 Å². The molecule has 1 amide bonds. The third kappa shape index (κ3) is 5.00. The smallest absolute Gasteiger partial charge is 0.342 e. The Bertz CT molecular complexity index is 892. The molecule has 0 bridgehead atoms. The fourth-order valence-electron chi connectivity index (χ4n) is 2.41. The van der Waals surface area contributed by atoms with Crippen molar-refractivity contribution >= 4 is 23.3 Å². The van der Waals surface area contributed by atoms with Gasteiger partial charge in [0.2, 0.25) is 0 Å². The highest BCUT2D eigenvalue weighted by Crippen LogP contribution is 2.34. The number of anilines is 1. The lowest BCUT2D eigenvalue weighted by atomic mass is 10.1. The Kier molecular flexibility index (Phi) is 6.97. The van der Waals surface area contributed by atoms with Gasteiger partial charge in [0.1, 0.15) is 11.3 Å². The lowest BCUT2D eigenvalue weighted by molar-refractivity contribution is -0.119. The maximum absolute atomic E-state index is 12.4. The van der Waals surface area contributed by atoms with E-state index in [4.69, 9.17) is 18.9 Å². The molecule has 28 heavy (non-hydrogen) atoms. The lowest BCUT2D eigenvalue weighted by Gasteiger charge is -2.13. The molecule has 2 aromatic carbocycles. The maximum Gasteiger partial charge on any atom is 0.342 e. The molecule has 0 saturated carbocycles. The topological polar surface area (TPSA) is 100 Å². The van der Waals surface area contributed by atoms with Crippen LogP contribution in [0.2, 0.25) is 0 Å². The number of ketones is 1. The van der Waals surface area contributed by atoms with Crippen molar-refractivity contribution in [1.29, 1.82) is 0 Å². The Morgan fingerprint density at radius 2 is 1.54 bits per heavy atom. The fourth-order valence-corrected chi connectivity index (χ4v) is 2.41. The summed E-state index contributed by atoms with van der Waals surface area (Å²) < 4.78 is 20.6. The van der Waals surface area contributed by atoms with Crippen molar-refractivity contribution in [3.63, 3.8) is 0 Å². The molecule has 0 atom stereocenters. The monoisotopic (exact) mass is 387 g/mol. The molecule has 0 aliphatic heterocycles. The van der Waals surface area contributed by atoms with Crippen molar-refractivity contribution in [1.82, 2.24) is 0 Å². The molecule has 0 unspecified atom stereocenters. The zero-order valence-corrected chi connectivity index (χ0v) is 16.0. The van der Waals surface area contributed by atoms with E-state index in [-0.39, 0.29) is 17.1 Å². The van der Waals surface area contributed by atoms with E-state index in [1.54, 1.807) is 24.3 Å². The molecular weight excluding hydrogens is 366 g/mol. The zero-order chi connectivity index (χ0) is 20.7. The number of methoxy groups -OCH3 is 3. The molecule has 0 aliphatic carbocycles. The van der Waals surface area contributed by atoms with Gasteiger partial charge in [-0.3, -0.25) is 9.59 Å². The largest absolute Gasteiger partial charge is 0.496 e. The number of carbonyl (C=O) groups excluding carboxylic acids is 3. The third-order valence-corrected chi connectivity index (χ3v) is 3.81. The van der Waals surface area contributed by atoms with Gasteiger partial charge >= 0.3 is 5.97 Å². The number of nitrogens with one attached hydrogen (secondary N) is 1. The second-order valence-electron chi connectivity index (χ2n) is 5.67. The van der Waals surface area contributed by atoms with Crippen LogP contribution in [0.5, 0.6) is 17.2 Å². The van der Waals surface area contributed by atoms with E-state index in [1.807, 2.05) is 0 Å². The van der Waals surface area contributed by atoms with Gasteiger partial charge in [-0.05, 0) is 19.1 Å². The number of hydrogen-bond donors (Lipinski definition) is 1. The second-order valence-corrected chi connectivity index (χ2v) is 5.67. The van der Waals surface area contributed by atoms with Gasteiger partial charge < -0.3 is 24.3 Å². The van der Waals surface area contributed by atoms with Crippen molar-refractivity contribution in [2.24, 2.45) is 0 Å². The van der Waals surface area contributed by atoms with Crippen LogP contribution < -0.4 is 19.5 Å². The Labute approximate surface area is 162 Å². The Morgan fingerprint density at radius 3 is 2.14 bits per heavy atom. The molecule has 0 fully saturated rings. The van der Waals surface area contributed by atoms with Gasteiger partial charge in [0.15, 0.2) is 23.9 Å². The highest BCUT2D eigenvalue weighted by molar-refractivity contribution is 5.99. The normalized spacial score (nSPS) is 10.0. The van der Waals surface area contributed by atoms with Crippen LogP contribution in [0, 0.1) is 0 Å². The van der Waals surface area contributed by atoms with Crippen LogP contribution in [0.3, 0.4) is 0 Å². The van der Waals surface area contributed by atoms with Crippen molar-refractivity contribution in [3.8, 4) is 17.2 Å². The second kappa shape index (κ2) is 9.40. The summed E-state index contributed by atoms with van der Waals surface area (Å²) in [5, 5.41) is 2.57. The molecule has 0 saturated heterocycles. The minimum absolute atomic E-state index is 0.0894. The van der Waals surface area contributed by atoms with Crippen LogP contribution in [0.4, 0.5) is 5.69 Å². The summed E-state index contributed by atoms with van der Waals surface area (Å²) in [6.45, 7) is 0.917. The molecule has 2 rings (SSSR count). The summed E-state index contributed by atoms with van der Waals surface area (Å²) in [6, 6.07) is 9.36. The van der Waals surface area contributed by atoms with Crippen LogP contribution in [-0.4, -0.2) is 45.6 Å². The van der Waals surface area contributed by atoms with Crippen LogP contribution in [0.15, 0.2) is 36.4 Å². The molecular formula is C20H21NO7. The van der Waals surface area contributed by atoms with E-state index in [0.717, 1.165) is 0 Å². The number of benzene rings is 2. The first-order valence-electron chi connectivity index (χ1n) is 8.27. The molecule has 1 N–H and O–H groups in total. The highest BCUT2D eigenvalue weighted by atomic mass is 16.5. The van der Waals surface area contributed by atoms with E-state index < -0.39 is 18.5 Å². The molecule has 0 spiro atoms. The third-order valence-electron chi connectivity index (χ3n) is 3.81. The predicted octanol–water partition coefficient (Wildman–Crippen LogP) is 2.71. The average Bonchev–Trinajstić information content (AvgIpc) is 2.70. The van der Waals surface area contributed by atoms with Gasteiger partial charge in [-0.25, -0.2) is 4.79 Å². The fraction of sp³-hybridized carbons (Fsp3) is 0.250. The van der Waals surface area contributed by atoms with Gasteiger partial charge in [-0.1, -0.05) is 12.1 Å². The SMILES string of the molecule is COc1cc(OC)c(C(=O)OCC(=O)Nc2cccc(C(C)=O)c2)cc1OC. The summed E-state index contributed by atoms with van der Waals surface area (Å²) in [5.41, 5.74) is 0.980. The highest BCUT2D eigenvalue weighted by Gasteiger charge is 2.20. The van der Waals surface area contributed by atoms with Crippen molar-refractivity contribution in [3.05, 3.63) is 47.5 Å². The Morgan fingerprint density at radius 1 is 0.893 bits per heavy atom. The summed E-state index contributed by atoms with van der Waals surface area (Å²) in [6.07, 6.45) is 0. The first-order valence-corrected chi connectivity index (χ1v) is 8.27. The van der Waals surface area contributed by atoms with E-state index in [1.165, 1.54) is 40.4 Å². The quantitative estimate of drug-likeness (QED) is 0.549. The minimum Gasteiger partial charge on any atom is -0.496 e. The van der Waals surface area contributed by atoms with Gasteiger partial charge in [0.05, 0.1) is 21.3 Å². The number of hydrogen-bond acceptors (Lipinski definition) is 7. The summed E-state index contributed by atoms with van der Waals surface area (Å²) in [7, 11) is 4.29. The van der Waals surface area contributed by atoms with Crippen LogP contribution in [0.1, 0.15) is 27.6 Å². The standard InChI is InChI=1S/C20H21NO7/c1-12(22)13-6-5-7-14(8-13)21-19(23)11-28-20(24)15-9-17(26-3)18(27-4)10-16(15)25-2/h5-10H,11H2,1-4H3,(H,21,23). The van der Waals surface area contributed by atoms with Crippen LogP contribution in [0.25, 0.3) is 0 Å². The number of esters is 1. The van der Waals surface area contributed by atoms with Crippen LogP contribution in [-0.2, 0) is 9.53 Å². The maximum atomic E-state index is 12.4. The predicted molar refractivity (Wildman–Crippen MR) is 101 cm³/mol. The first kappa shape index (κ1) is 20.8. The van der Waals surface area contributed by atoms with Gasteiger partial charge in [-0.15, -0.1) is 0 Å². The molecule has 0 aliphatic rings. The van der Waals surface area contributed by atoms with Gasteiger partial charge in [0.25, 0.3) is 5.91 Å². The van der Waals surface area contributed by atoms with Crippen molar-refractivity contribution in [2.45, 2.75) is 6.92 Å². The summed E-state index contributed by atoms with van der Waals surface area (Å²) >= 11 is 0. The zero-order valence-electron chi connectivity index (χ0n) is 16.0. The minimum atomic E-state index is -0.759. The Balaban J connectivity index is 2.06. The number of ether oxygens (including phenoxy) is 4. The van der Waals surface area contributed by atoms with E-state index in [9.17, 15) is 14.4 Å². The number of carbonyl (C=O) groups is 3. The molecule has 8 heteroatoms. The van der Waals surface area contributed by atoms with Crippen LogP contribution >= 0.6 is 0 Å². The molecule has 148 valence electrons. The lowest BCUT2D eigenvalue weighted by Crippen LogP contribution is -2.21. The summed E-state index contributed by atoms with van der Waals surface area (Å²) in [4.78, 5) is 35.8. The van der Waals surface area contributed by atoms with E-state index >= 15 is 0 Å². The van der Waals surface area contributed by atoms with E-state index in [2.05, 4.69) is 5.32 Å². The number of amides is 1. The summed E-state index contributed by atoms with van der Waals surface area (Å²) in [5.74, 6) is -0.501. The van der Waals surface area contributed by atoms with Crippen molar-refractivity contribution < 1.29 is 33.3 Å². The number of rotatable bonds is 8.